The minimum Gasteiger partial charge on any atom is -0.309 e. The maximum absolute atomic E-state index is 10.9. The van der Waals surface area contributed by atoms with E-state index in [1.807, 2.05) is 0 Å². The lowest BCUT2D eigenvalue weighted by atomic mass is 10.4. The van der Waals surface area contributed by atoms with Gasteiger partial charge < -0.3 is 5.32 Å². The van der Waals surface area contributed by atoms with Crippen molar-refractivity contribution >= 4 is 23.3 Å². The molecule has 0 radical (unpaired) electrons. The van der Waals surface area contributed by atoms with Gasteiger partial charge in [0.15, 0.2) is 5.82 Å². The number of carbonyl (C=O) groups is 1. The van der Waals surface area contributed by atoms with Gasteiger partial charge >= 0.3 is 0 Å². The highest BCUT2D eigenvalue weighted by Gasteiger charge is 1.99. The molecular formula is C7H8ClN3O. The van der Waals surface area contributed by atoms with Crippen LogP contribution in [0.2, 0.25) is 5.15 Å². The number of carbonyl (C=O) groups excluding carboxylic acids is 1. The summed E-state index contributed by atoms with van der Waals surface area (Å²) >= 11 is 5.50. The van der Waals surface area contributed by atoms with Crippen molar-refractivity contribution in [2.24, 2.45) is 0 Å². The van der Waals surface area contributed by atoms with Gasteiger partial charge in [-0.1, -0.05) is 18.5 Å². The van der Waals surface area contributed by atoms with Crippen molar-refractivity contribution in [1.82, 2.24) is 9.97 Å². The molecule has 0 aliphatic carbocycles. The van der Waals surface area contributed by atoms with Crippen LogP contribution in [0.3, 0.4) is 0 Å². The summed E-state index contributed by atoms with van der Waals surface area (Å²) in [6.07, 6.45) is 3.22. The lowest BCUT2D eigenvalue weighted by molar-refractivity contribution is -0.115. The average Bonchev–Trinajstić information content (AvgIpc) is 2.09. The molecule has 1 rings (SSSR count). The zero-order valence-corrected chi connectivity index (χ0v) is 7.30. The normalized spacial score (nSPS) is 9.50. The zero-order chi connectivity index (χ0) is 8.97. The van der Waals surface area contributed by atoms with Gasteiger partial charge in [0, 0.05) is 6.42 Å². The van der Waals surface area contributed by atoms with E-state index < -0.39 is 0 Å². The van der Waals surface area contributed by atoms with Gasteiger partial charge in [-0.2, -0.15) is 0 Å². The van der Waals surface area contributed by atoms with Crippen LogP contribution in [0, 0.1) is 0 Å². The highest BCUT2D eigenvalue weighted by Crippen LogP contribution is 2.04. The van der Waals surface area contributed by atoms with Gasteiger partial charge in [0.25, 0.3) is 0 Å². The summed E-state index contributed by atoms with van der Waals surface area (Å²) < 4.78 is 0. The Balaban J connectivity index is 2.64. The molecule has 1 heterocycles. The molecule has 1 aromatic heterocycles. The van der Waals surface area contributed by atoms with Gasteiger partial charge in [0.1, 0.15) is 5.15 Å². The molecule has 64 valence electrons. The standard InChI is InChI=1S/C7H8ClN3O/c1-2-7(12)11-6-4-9-5(8)3-10-6/h3-4H,2H2,1H3,(H,10,11,12). The minimum atomic E-state index is -0.0911. The maximum Gasteiger partial charge on any atom is 0.225 e. The highest BCUT2D eigenvalue weighted by atomic mass is 35.5. The molecule has 0 atom stereocenters. The van der Waals surface area contributed by atoms with E-state index in [2.05, 4.69) is 15.3 Å². The van der Waals surface area contributed by atoms with Gasteiger partial charge in [0.05, 0.1) is 12.4 Å². The molecule has 12 heavy (non-hydrogen) atoms. The Morgan fingerprint density at radius 2 is 2.33 bits per heavy atom. The van der Waals surface area contributed by atoms with E-state index in [-0.39, 0.29) is 5.91 Å². The van der Waals surface area contributed by atoms with E-state index in [9.17, 15) is 4.79 Å². The summed E-state index contributed by atoms with van der Waals surface area (Å²) in [5.74, 6) is 0.331. The Kier molecular flexibility index (Phi) is 2.99. The molecule has 1 amide bonds. The molecule has 0 aliphatic rings. The van der Waals surface area contributed by atoms with Gasteiger partial charge in [0.2, 0.25) is 5.91 Å². The van der Waals surface area contributed by atoms with Crippen LogP contribution in [0.1, 0.15) is 13.3 Å². The summed E-state index contributed by atoms with van der Waals surface area (Å²) in [5.41, 5.74) is 0. The first-order valence-corrected chi connectivity index (χ1v) is 3.87. The number of rotatable bonds is 2. The van der Waals surface area contributed by atoms with Crippen LogP contribution in [-0.4, -0.2) is 15.9 Å². The van der Waals surface area contributed by atoms with Crippen molar-refractivity contribution in [3.05, 3.63) is 17.5 Å². The van der Waals surface area contributed by atoms with Crippen LogP contribution in [0.4, 0.5) is 5.82 Å². The number of nitrogens with zero attached hydrogens (tertiary/aromatic N) is 2. The number of halogens is 1. The fraction of sp³-hybridized carbons (Fsp3) is 0.286. The second-order valence-electron chi connectivity index (χ2n) is 2.13. The maximum atomic E-state index is 10.9. The Hall–Kier alpha value is -1.16. The lowest BCUT2D eigenvalue weighted by Crippen LogP contribution is -2.10. The fourth-order valence-corrected chi connectivity index (χ4v) is 0.706. The van der Waals surface area contributed by atoms with Crippen molar-refractivity contribution < 1.29 is 4.79 Å². The quantitative estimate of drug-likeness (QED) is 0.760. The Morgan fingerprint density at radius 1 is 1.58 bits per heavy atom. The van der Waals surface area contributed by atoms with Crippen LogP contribution < -0.4 is 5.32 Å². The van der Waals surface area contributed by atoms with Crippen LogP contribution in [0.15, 0.2) is 12.4 Å². The van der Waals surface area contributed by atoms with Crippen molar-refractivity contribution in [2.45, 2.75) is 13.3 Å². The van der Waals surface area contributed by atoms with E-state index >= 15 is 0 Å². The van der Waals surface area contributed by atoms with E-state index in [0.717, 1.165) is 0 Å². The molecule has 5 heteroatoms. The number of nitrogens with one attached hydrogen (secondary N) is 1. The first-order chi connectivity index (χ1) is 5.72. The number of anilines is 1. The number of hydrogen-bond acceptors (Lipinski definition) is 3. The van der Waals surface area contributed by atoms with Crippen molar-refractivity contribution in [3.63, 3.8) is 0 Å². The summed E-state index contributed by atoms with van der Waals surface area (Å²) in [4.78, 5) is 18.4. The van der Waals surface area contributed by atoms with Crippen molar-refractivity contribution in [1.29, 1.82) is 0 Å². The largest absolute Gasteiger partial charge is 0.309 e. The topological polar surface area (TPSA) is 54.9 Å². The third kappa shape index (κ3) is 2.47. The first kappa shape index (κ1) is 8.93. The molecule has 0 aromatic carbocycles. The Labute approximate surface area is 75.0 Å². The molecule has 4 nitrogen and oxygen atoms in total. The molecule has 1 aromatic rings. The van der Waals surface area contributed by atoms with Crippen LogP contribution in [0.25, 0.3) is 0 Å². The SMILES string of the molecule is CCC(=O)Nc1cnc(Cl)cn1. The Bertz CT molecular complexity index is 272. The predicted molar refractivity (Wildman–Crippen MR) is 46.0 cm³/mol. The lowest BCUT2D eigenvalue weighted by Gasteiger charge is -2.00. The van der Waals surface area contributed by atoms with Gasteiger partial charge in [-0.05, 0) is 0 Å². The number of amides is 1. The number of aromatic nitrogens is 2. The molecular weight excluding hydrogens is 178 g/mol. The van der Waals surface area contributed by atoms with Crippen LogP contribution in [-0.2, 0) is 4.79 Å². The van der Waals surface area contributed by atoms with E-state index in [4.69, 9.17) is 11.6 Å². The third-order valence-corrected chi connectivity index (χ3v) is 1.40. The molecule has 0 bridgehead atoms. The van der Waals surface area contributed by atoms with Crippen molar-refractivity contribution in [2.75, 3.05) is 5.32 Å². The molecule has 0 unspecified atom stereocenters. The number of hydrogen-bond donors (Lipinski definition) is 1. The summed E-state index contributed by atoms with van der Waals surface area (Å²) in [7, 11) is 0. The second kappa shape index (κ2) is 4.01. The molecule has 1 N–H and O–H groups in total. The van der Waals surface area contributed by atoms with Gasteiger partial charge in [-0.25, -0.2) is 9.97 Å². The molecule has 0 saturated heterocycles. The molecule has 0 spiro atoms. The van der Waals surface area contributed by atoms with Crippen molar-refractivity contribution in [3.8, 4) is 0 Å². The monoisotopic (exact) mass is 185 g/mol. The van der Waals surface area contributed by atoms with Gasteiger partial charge in [-0.15, -0.1) is 0 Å². The zero-order valence-electron chi connectivity index (χ0n) is 6.54. The van der Waals surface area contributed by atoms with Crippen LogP contribution in [0.5, 0.6) is 0 Å². The summed E-state index contributed by atoms with van der Waals surface area (Å²) in [5, 5.41) is 2.86. The molecule has 0 aliphatic heterocycles. The van der Waals surface area contributed by atoms with Gasteiger partial charge in [-0.3, -0.25) is 4.79 Å². The van der Waals surface area contributed by atoms with Crippen LogP contribution >= 0.6 is 11.6 Å². The summed E-state index contributed by atoms with van der Waals surface area (Å²) in [6, 6.07) is 0. The van der Waals surface area contributed by atoms with E-state index in [0.29, 0.717) is 17.4 Å². The smallest absolute Gasteiger partial charge is 0.225 e. The fourth-order valence-electron chi connectivity index (χ4n) is 0.608. The predicted octanol–water partition coefficient (Wildman–Crippen LogP) is 1.48. The second-order valence-corrected chi connectivity index (χ2v) is 2.51. The summed E-state index contributed by atoms with van der Waals surface area (Å²) in [6.45, 7) is 1.76. The minimum absolute atomic E-state index is 0.0911. The third-order valence-electron chi connectivity index (χ3n) is 1.21. The Morgan fingerprint density at radius 3 is 2.83 bits per heavy atom. The average molecular weight is 186 g/mol. The highest BCUT2D eigenvalue weighted by molar-refractivity contribution is 6.29. The molecule has 0 fully saturated rings. The first-order valence-electron chi connectivity index (χ1n) is 3.49. The van der Waals surface area contributed by atoms with E-state index in [1.165, 1.54) is 12.4 Å². The molecule has 0 saturated carbocycles. The van der Waals surface area contributed by atoms with E-state index in [1.54, 1.807) is 6.92 Å².